The van der Waals surface area contributed by atoms with E-state index in [1.807, 2.05) is 0 Å². The minimum atomic E-state index is -2.60. The summed E-state index contributed by atoms with van der Waals surface area (Å²) >= 11 is 0. The van der Waals surface area contributed by atoms with Gasteiger partial charge in [0.2, 0.25) is 5.91 Å². The lowest BCUT2D eigenvalue weighted by Gasteiger charge is -2.39. The number of amides is 1. The Morgan fingerprint density at radius 1 is 1.25 bits per heavy atom. The van der Waals surface area contributed by atoms with E-state index in [2.05, 4.69) is 32.4 Å². The monoisotopic (exact) mass is 389 g/mol. The zero-order chi connectivity index (χ0) is 19.7. The van der Waals surface area contributed by atoms with E-state index in [1.54, 1.807) is 6.07 Å². The first kappa shape index (κ1) is 19.0. The molecule has 0 unspecified atom stereocenters. The van der Waals surface area contributed by atoms with Crippen LogP contribution in [-0.2, 0) is 4.79 Å². The fraction of sp³-hybridized carbons (Fsp3) is 0.550. The average Bonchev–Trinajstić information content (AvgIpc) is 2.63. The molecule has 0 aliphatic carbocycles. The number of alkyl halides is 2. The lowest BCUT2D eigenvalue weighted by atomic mass is 9.94. The molecule has 8 heteroatoms. The third kappa shape index (κ3) is 3.92. The van der Waals surface area contributed by atoms with Gasteiger partial charge in [-0.05, 0) is 43.5 Å². The van der Waals surface area contributed by atoms with Crippen molar-refractivity contribution < 1.29 is 13.6 Å². The Balaban J connectivity index is 1.54. The molecule has 150 valence electrons. The number of rotatable bonds is 5. The highest BCUT2D eigenvalue weighted by atomic mass is 19.3. The predicted octanol–water partition coefficient (Wildman–Crippen LogP) is 2.51. The number of aromatic nitrogens is 2. The van der Waals surface area contributed by atoms with Crippen LogP contribution >= 0.6 is 0 Å². The van der Waals surface area contributed by atoms with Gasteiger partial charge in [-0.2, -0.15) is 0 Å². The molecule has 2 fully saturated rings. The Hall–Kier alpha value is -2.35. The number of piperidine rings is 1. The van der Waals surface area contributed by atoms with Crippen molar-refractivity contribution >= 4 is 22.6 Å². The molecule has 2 aliphatic heterocycles. The SMILES string of the molecule is C[C@H]1C[C@@H](NC(=O)CC2CNC2)CN(c2ccc(C(F)F)c3nccnc23)C1. The van der Waals surface area contributed by atoms with Gasteiger partial charge in [0.25, 0.3) is 6.43 Å². The Morgan fingerprint density at radius 3 is 2.68 bits per heavy atom. The van der Waals surface area contributed by atoms with Gasteiger partial charge in [-0.25, -0.2) is 8.78 Å². The second-order valence-electron chi connectivity index (χ2n) is 7.97. The molecular weight excluding hydrogens is 364 g/mol. The fourth-order valence-electron chi connectivity index (χ4n) is 4.19. The third-order valence-electron chi connectivity index (χ3n) is 5.58. The Bertz CT molecular complexity index is 858. The number of hydrogen-bond acceptors (Lipinski definition) is 5. The highest BCUT2D eigenvalue weighted by Crippen LogP contribution is 2.33. The lowest BCUT2D eigenvalue weighted by Crippen LogP contribution is -2.52. The van der Waals surface area contributed by atoms with Crippen LogP contribution < -0.4 is 15.5 Å². The van der Waals surface area contributed by atoms with Crippen LogP contribution in [0.15, 0.2) is 24.5 Å². The first-order valence-electron chi connectivity index (χ1n) is 9.78. The molecule has 0 saturated carbocycles. The molecule has 2 aliphatic rings. The summed E-state index contributed by atoms with van der Waals surface area (Å²) in [6.07, 6.45) is 1.83. The van der Waals surface area contributed by atoms with Gasteiger partial charge < -0.3 is 15.5 Å². The van der Waals surface area contributed by atoms with Crippen LogP contribution in [0, 0.1) is 11.8 Å². The number of carbonyl (C=O) groups is 1. The van der Waals surface area contributed by atoms with Crippen LogP contribution in [0.25, 0.3) is 11.0 Å². The topological polar surface area (TPSA) is 70.2 Å². The summed E-state index contributed by atoms with van der Waals surface area (Å²) in [5, 5.41) is 6.34. The molecule has 6 nitrogen and oxygen atoms in total. The second kappa shape index (κ2) is 7.95. The summed E-state index contributed by atoms with van der Waals surface area (Å²) < 4.78 is 26.7. The molecule has 1 amide bonds. The van der Waals surface area contributed by atoms with E-state index in [0.717, 1.165) is 31.7 Å². The van der Waals surface area contributed by atoms with Crippen molar-refractivity contribution in [3.8, 4) is 0 Å². The number of anilines is 1. The van der Waals surface area contributed by atoms with Crippen molar-refractivity contribution in [1.29, 1.82) is 0 Å². The second-order valence-corrected chi connectivity index (χ2v) is 7.97. The van der Waals surface area contributed by atoms with E-state index in [-0.39, 0.29) is 23.0 Å². The summed E-state index contributed by atoms with van der Waals surface area (Å²) in [6.45, 7) is 5.38. The average molecular weight is 389 g/mol. The van der Waals surface area contributed by atoms with E-state index in [0.29, 0.717) is 30.3 Å². The molecular formula is C20H25F2N5O. The molecule has 3 heterocycles. The number of benzene rings is 1. The number of fused-ring (bicyclic) bond motifs is 1. The van der Waals surface area contributed by atoms with E-state index in [1.165, 1.54) is 18.5 Å². The first-order valence-corrected chi connectivity index (χ1v) is 9.78. The minimum absolute atomic E-state index is 0.0331. The van der Waals surface area contributed by atoms with Crippen LogP contribution in [0.4, 0.5) is 14.5 Å². The van der Waals surface area contributed by atoms with Gasteiger partial charge in [-0.3, -0.25) is 14.8 Å². The number of halogens is 2. The largest absolute Gasteiger partial charge is 0.367 e. The van der Waals surface area contributed by atoms with Gasteiger partial charge in [-0.1, -0.05) is 6.92 Å². The summed E-state index contributed by atoms with van der Waals surface area (Å²) in [7, 11) is 0. The Morgan fingerprint density at radius 2 is 2.00 bits per heavy atom. The van der Waals surface area contributed by atoms with Crippen molar-refractivity contribution in [2.75, 3.05) is 31.1 Å². The Kier molecular flexibility index (Phi) is 5.39. The summed E-state index contributed by atoms with van der Waals surface area (Å²) in [5.74, 6) is 0.882. The number of nitrogens with one attached hydrogen (secondary N) is 2. The molecule has 2 aromatic rings. The third-order valence-corrected chi connectivity index (χ3v) is 5.58. The van der Waals surface area contributed by atoms with Gasteiger partial charge in [0.1, 0.15) is 5.52 Å². The Labute approximate surface area is 162 Å². The van der Waals surface area contributed by atoms with Crippen molar-refractivity contribution in [3.05, 3.63) is 30.1 Å². The molecule has 2 N–H and O–H groups in total. The van der Waals surface area contributed by atoms with Crippen molar-refractivity contribution in [1.82, 2.24) is 20.6 Å². The minimum Gasteiger partial charge on any atom is -0.367 e. The zero-order valence-electron chi connectivity index (χ0n) is 15.9. The molecule has 1 aromatic heterocycles. The summed E-state index contributed by atoms with van der Waals surface area (Å²) in [4.78, 5) is 23.0. The van der Waals surface area contributed by atoms with Gasteiger partial charge in [0, 0.05) is 43.5 Å². The molecule has 1 aromatic carbocycles. The molecule has 2 saturated heterocycles. The van der Waals surface area contributed by atoms with E-state index >= 15 is 0 Å². The quantitative estimate of drug-likeness (QED) is 0.822. The van der Waals surface area contributed by atoms with Crippen LogP contribution in [0.5, 0.6) is 0 Å². The van der Waals surface area contributed by atoms with Crippen molar-refractivity contribution in [2.24, 2.45) is 11.8 Å². The smallest absolute Gasteiger partial charge is 0.266 e. The normalized spacial score (nSPS) is 23.1. The maximum atomic E-state index is 13.3. The van der Waals surface area contributed by atoms with Gasteiger partial charge in [-0.15, -0.1) is 0 Å². The van der Waals surface area contributed by atoms with Gasteiger partial charge >= 0.3 is 0 Å². The number of nitrogens with zero attached hydrogens (tertiary/aromatic N) is 3. The fourth-order valence-corrected chi connectivity index (χ4v) is 4.19. The number of carbonyl (C=O) groups excluding carboxylic acids is 1. The maximum absolute atomic E-state index is 13.3. The van der Waals surface area contributed by atoms with Crippen LogP contribution in [0.2, 0.25) is 0 Å². The molecule has 2 atom stereocenters. The highest BCUT2D eigenvalue weighted by molar-refractivity contribution is 5.90. The van der Waals surface area contributed by atoms with Crippen molar-refractivity contribution in [2.45, 2.75) is 32.2 Å². The molecule has 0 radical (unpaired) electrons. The highest BCUT2D eigenvalue weighted by Gasteiger charge is 2.29. The standard InChI is InChI=1S/C20H25F2N5O/c1-12-6-14(26-17(28)7-13-8-23-9-13)11-27(10-12)16-3-2-15(20(21)22)18-19(16)25-5-4-24-18/h2-5,12-14,20,23H,6-11H2,1H3,(H,26,28)/t12-,14+/m0/s1. The van der Waals surface area contributed by atoms with Crippen LogP contribution in [-0.4, -0.2) is 48.1 Å². The zero-order valence-corrected chi connectivity index (χ0v) is 15.9. The summed E-state index contributed by atoms with van der Waals surface area (Å²) in [6, 6.07) is 3.17. The number of hydrogen-bond donors (Lipinski definition) is 2. The van der Waals surface area contributed by atoms with Gasteiger partial charge in [0.15, 0.2) is 0 Å². The van der Waals surface area contributed by atoms with E-state index < -0.39 is 6.43 Å². The van der Waals surface area contributed by atoms with Crippen molar-refractivity contribution in [3.63, 3.8) is 0 Å². The maximum Gasteiger partial charge on any atom is 0.266 e. The molecule has 4 rings (SSSR count). The van der Waals surface area contributed by atoms with Gasteiger partial charge in [0.05, 0.1) is 11.2 Å². The first-order chi connectivity index (χ1) is 13.5. The molecule has 0 bridgehead atoms. The lowest BCUT2D eigenvalue weighted by molar-refractivity contribution is -0.123. The predicted molar refractivity (Wildman–Crippen MR) is 103 cm³/mol. The van der Waals surface area contributed by atoms with E-state index in [9.17, 15) is 13.6 Å². The summed E-state index contributed by atoms with van der Waals surface area (Å²) in [5.41, 5.74) is 1.42. The van der Waals surface area contributed by atoms with E-state index in [4.69, 9.17) is 0 Å². The molecule has 0 spiro atoms. The van der Waals surface area contributed by atoms with Crippen LogP contribution in [0.3, 0.4) is 0 Å². The molecule has 28 heavy (non-hydrogen) atoms. The van der Waals surface area contributed by atoms with Crippen LogP contribution in [0.1, 0.15) is 31.8 Å².